The average Bonchev–Trinajstić information content (AvgIpc) is 2.92. The Hall–Kier alpha value is -1.35. The van der Waals surface area contributed by atoms with Crippen LogP contribution in [0.15, 0.2) is 22.7 Å². The Morgan fingerprint density at radius 2 is 1.83 bits per heavy atom. The minimum atomic E-state index is 0.793. The number of nitrogens with one attached hydrogen (secondary N) is 1. The molecule has 0 unspecified atom stereocenters. The molecule has 3 heteroatoms. The largest absolute Gasteiger partial charge is 0.356 e. The summed E-state index contributed by atoms with van der Waals surface area (Å²) < 4.78 is 5.23. The summed E-state index contributed by atoms with van der Waals surface area (Å²) in [7, 11) is 0. The normalized spacial score (nSPS) is 10.1. The number of nitrogens with zero attached hydrogens (tertiary/aromatic N) is 1. The second-order valence-electron chi connectivity index (χ2n) is 5.98. The molecule has 0 aliphatic heterocycles. The molecule has 2 rings (SSSR count). The first-order valence-electron chi connectivity index (χ1n) is 9.14. The molecule has 0 amide bonds. The van der Waals surface area contributed by atoms with Crippen molar-refractivity contribution in [3.63, 3.8) is 0 Å². The molecule has 0 spiro atoms. The third-order valence-corrected chi connectivity index (χ3v) is 3.17. The van der Waals surface area contributed by atoms with Gasteiger partial charge >= 0.3 is 0 Å². The molecule has 3 nitrogen and oxygen atoms in total. The first-order valence-corrected chi connectivity index (χ1v) is 9.14. The highest BCUT2D eigenvalue weighted by atomic mass is 16.5. The van der Waals surface area contributed by atoms with E-state index in [1.165, 1.54) is 12.0 Å². The van der Waals surface area contributed by atoms with Crippen molar-refractivity contribution in [1.82, 2.24) is 10.5 Å². The number of fused-ring (bicyclic) bond motifs is 1. The van der Waals surface area contributed by atoms with Gasteiger partial charge in [-0.1, -0.05) is 59.2 Å². The zero-order valence-electron chi connectivity index (χ0n) is 16.2. The van der Waals surface area contributed by atoms with E-state index in [9.17, 15) is 0 Å². The Labute approximate surface area is 142 Å². The van der Waals surface area contributed by atoms with Gasteiger partial charge in [0.05, 0.1) is 5.69 Å². The first kappa shape index (κ1) is 21.6. The summed E-state index contributed by atoms with van der Waals surface area (Å²) in [5.41, 5.74) is 3.20. The number of hydrogen-bond donors (Lipinski definition) is 1. The highest BCUT2D eigenvalue weighted by molar-refractivity contribution is 5.79. The van der Waals surface area contributed by atoms with Crippen LogP contribution in [0.4, 0.5) is 0 Å². The van der Waals surface area contributed by atoms with Crippen molar-refractivity contribution in [2.75, 3.05) is 13.1 Å². The van der Waals surface area contributed by atoms with Gasteiger partial charge in [-0.2, -0.15) is 0 Å². The average molecular weight is 321 g/mol. The summed E-state index contributed by atoms with van der Waals surface area (Å²) in [6, 6.07) is 6.21. The van der Waals surface area contributed by atoms with Crippen molar-refractivity contribution in [2.45, 2.75) is 67.7 Å². The van der Waals surface area contributed by atoms with Gasteiger partial charge < -0.3 is 9.84 Å². The molecule has 0 atom stereocenters. The molecule has 0 aliphatic carbocycles. The minimum absolute atomic E-state index is 0.793. The monoisotopic (exact) mass is 320 g/mol. The van der Waals surface area contributed by atoms with Crippen LogP contribution < -0.4 is 5.32 Å². The lowest BCUT2D eigenvalue weighted by atomic mass is 10.1. The van der Waals surface area contributed by atoms with Gasteiger partial charge in [-0.3, -0.25) is 0 Å². The highest BCUT2D eigenvalue weighted by Gasteiger charge is 2.06. The Bertz CT molecular complexity index is 517. The fourth-order valence-corrected chi connectivity index (χ4v) is 2.08. The summed E-state index contributed by atoms with van der Waals surface area (Å²) in [5, 5.41) is 8.55. The van der Waals surface area contributed by atoms with Crippen molar-refractivity contribution in [1.29, 1.82) is 0 Å². The molecule has 0 radical (unpaired) electrons. The molecule has 2 aromatic rings. The molecule has 1 N–H and O–H groups in total. The topological polar surface area (TPSA) is 38.1 Å². The van der Waals surface area contributed by atoms with Gasteiger partial charge in [0.1, 0.15) is 0 Å². The predicted molar refractivity (Wildman–Crippen MR) is 102 cm³/mol. The smallest absolute Gasteiger partial charge is 0.167 e. The van der Waals surface area contributed by atoms with E-state index in [0.29, 0.717) is 0 Å². The van der Waals surface area contributed by atoms with E-state index in [-0.39, 0.29) is 0 Å². The van der Waals surface area contributed by atoms with Crippen molar-refractivity contribution < 1.29 is 4.52 Å². The molecule has 1 aromatic carbocycles. The zero-order valence-corrected chi connectivity index (χ0v) is 16.2. The van der Waals surface area contributed by atoms with E-state index in [4.69, 9.17) is 4.52 Å². The Kier molecular flexibility index (Phi) is 12.4. The second-order valence-corrected chi connectivity index (χ2v) is 5.98. The summed E-state index contributed by atoms with van der Waals surface area (Å²) in [6.45, 7) is 17.2. The maximum atomic E-state index is 5.23. The van der Waals surface area contributed by atoms with E-state index < -0.39 is 0 Å². The van der Waals surface area contributed by atoms with Crippen LogP contribution in [0, 0.1) is 12.8 Å². The van der Waals surface area contributed by atoms with Gasteiger partial charge in [0.15, 0.2) is 5.58 Å². The van der Waals surface area contributed by atoms with Gasteiger partial charge in [0, 0.05) is 5.39 Å². The molecular weight excluding hydrogens is 284 g/mol. The molecule has 1 heterocycles. The molecule has 132 valence electrons. The molecule has 1 aromatic heterocycles. The molecule has 0 aliphatic rings. The number of benzene rings is 1. The quantitative estimate of drug-likeness (QED) is 0.688. The zero-order chi connectivity index (χ0) is 17.7. The van der Waals surface area contributed by atoms with Crippen molar-refractivity contribution in [3.05, 3.63) is 29.5 Å². The third-order valence-electron chi connectivity index (χ3n) is 3.17. The van der Waals surface area contributed by atoms with Crippen LogP contribution in [0.3, 0.4) is 0 Å². The summed E-state index contributed by atoms with van der Waals surface area (Å²) in [6.07, 6.45) is 3.35. The van der Waals surface area contributed by atoms with Gasteiger partial charge in [-0.15, -0.1) is 0 Å². The van der Waals surface area contributed by atoms with Crippen LogP contribution in [0.1, 0.15) is 65.6 Å². The van der Waals surface area contributed by atoms with Crippen LogP contribution in [0.2, 0.25) is 0 Å². The number of aryl methyl sites for hydroxylation is 2. The predicted octanol–water partition coefficient (Wildman–Crippen LogP) is 5.76. The molecule has 0 saturated carbocycles. The van der Waals surface area contributed by atoms with E-state index in [1.54, 1.807) is 0 Å². The maximum Gasteiger partial charge on any atom is 0.167 e. The van der Waals surface area contributed by atoms with Crippen LogP contribution in [-0.4, -0.2) is 18.2 Å². The number of rotatable bonds is 6. The second kappa shape index (κ2) is 13.1. The lowest BCUT2D eigenvalue weighted by molar-refractivity contribution is 0.445. The maximum absolute atomic E-state index is 5.23. The van der Waals surface area contributed by atoms with Crippen LogP contribution in [0.25, 0.3) is 11.0 Å². The number of hydrogen-bond acceptors (Lipinski definition) is 3. The fraction of sp³-hybridized carbons (Fsp3) is 0.650. The van der Waals surface area contributed by atoms with Crippen molar-refractivity contribution >= 4 is 11.0 Å². The SMILES string of the molecule is CC.CCCNCC(C)C.CCCc1noc2cc(C)ccc12. The summed E-state index contributed by atoms with van der Waals surface area (Å²) in [4.78, 5) is 0. The van der Waals surface area contributed by atoms with Gasteiger partial charge in [0.25, 0.3) is 0 Å². The van der Waals surface area contributed by atoms with Crippen molar-refractivity contribution in [3.8, 4) is 0 Å². The third kappa shape index (κ3) is 8.75. The molecular formula is C20H36N2O. The van der Waals surface area contributed by atoms with Gasteiger partial charge in [0.2, 0.25) is 0 Å². The first-order chi connectivity index (χ1) is 11.1. The van der Waals surface area contributed by atoms with E-state index in [1.807, 2.05) is 19.9 Å². The molecule has 0 fully saturated rings. The van der Waals surface area contributed by atoms with Crippen LogP contribution in [-0.2, 0) is 6.42 Å². The molecule has 23 heavy (non-hydrogen) atoms. The molecule has 0 saturated heterocycles. The summed E-state index contributed by atoms with van der Waals surface area (Å²) >= 11 is 0. The van der Waals surface area contributed by atoms with E-state index in [2.05, 4.69) is 57.2 Å². The Morgan fingerprint density at radius 3 is 2.39 bits per heavy atom. The standard InChI is InChI=1S/C11H13NO.C7H17N.C2H6/c1-3-4-10-9-6-5-8(2)7-11(9)13-12-10;1-4-5-8-6-7(2)3;1-2/h5-7H,3-4H2,1-2H3;7-8H,4-6H2,1-3H3;1-2H3. The summed E-state index contributed by atoms with van der Waals surface area (Å²) in [5.74, 6) is 0.793. The molecule has 0 bridgehead atoms. The lowest BCUT2D eigenvalue weighted by Gasteiger charge is -2.03. The van der Waals surface area contributed by atoms with Crippen molar-refractivity contribution in [2.24, 2.45) is 5.92 Å². The van der Waals surface area contributed by atoms with E-state index in [0.717, 1.165) is 48.5 Å². The van der Waals surface area contributed by atoms with Crippen LogP contribution >= 0.6 is 0 Å². The minimum Gasteiger partial charge on any atom is -0.356 e. The van der Waals surface area contributed by atoms with E-state index >= 15 is 0 Å². The Balaban J connectivity index is 0.000000421. The number of aromatic nitrogens is 1. The fourth-order valence-electron chi connectivity index (χ4n) is 2.08. The van der Waals surface area contributed by atoms with Gasteiger partial charge in [-0.05, 0) is 56.5 Å². The van der Waals surface area contributed by atoms with Crippen LogP contribution in [0.5, 0.6) is 0 Å². The Morgan fingerprint density at radius 1 is 1.13 bits per heavy atom. The van der Waals surface area contributed by atoms with Gasteiger partial charge in [-0.25, -0.2) is 0 Å². The lowest BCUT2D eigenvalue weighted by Crippen LogP contribution is -2.19. The highest BCUT2D eigenvalue weighted by Crippen LogP contribution is 2.20.